The molecule has 1 amide bonds. The third-order valence-corrected chi connectivity index (χ3v) is 3.66. The summed E-state index contributed by atoms with van der Waals surface area (Å²) in [5.74, 6) is -1.02. The van der Waals surface area contributed by atoms with Crippen molar-refractivity contribution in [3.05, 3.63) is 0 Å². The molecule has 98 valence electrons. The molecule has 0 aromatic rings. The van der Waals surface area contributed by atoms with E-state index >= 15 is 0 Å². The van der Waals surface area contributed by atoms with Crippen LogP contribution in [0.25, 0.3) is 0 Å². The van der Waals surface area contributed by atoms with Crippen LogP contribution in [0, 0.1) is 11.8 Å². The van der Waals surface area contributed by atoms with E-state index in [0.717, 1.165) is 0 Å². The topological polar surface area (TPSA) is 83.6 Å². The highest BCUT2D eigenvalue weighted by Crippen LogP contribution is 2.25. The molecule has 1 fully saturated rings. The van der Waals surface area contributed by atoms with Gasteiger partial charge in [0.2, 0.25) is 5.91 Å². The predicted molar refractivity (Wildman–Crippen MR) is 64.3 cm³/mol. The molecular formula is C12H22N2O3. The van der Waals surface area contributed by atoms with Crippen molar-refractivity contribution in [3.8, 4) is 0 Å². The molecule has 1 aliphatic rings. The molecule has 0 spiro atoms. The number of hydrogen-bond acceptors (Lipinski definition) is 3. The molecule has 3 unspecified atom stereocenters. The van der Waals surface area contributed by atoms with Crippen LogP contribution in [0.3, 0.4) is 0 Å². The van der Waals surface area contributed by atoms with Gasteiger partial charge in [-0.2, -0.15) is 0 Å². The molecule has 0 aromatic carbocycles. The van der Waals surface area contributed by atoms with Crippen LogP contribution in [0.5, 0.6) is 0 Å². The van der Waals surface area contributed by atoms with E-state index in [4.69, 9.17) is 10.8 Å². The summed E-state index contributed by atoms with van der Waals surface area (Å²) in [5.41, 5.74) is 5.86. The Labute approximate surface area is 102 Å². The Bertz CT molecular complexity index is 304. The van der Waals surface area contributed by atoms with Crippen LogP contribution in [0.1, 0.15) is 33.6 Å². The zero-order chi connectivity index (χ0) is 13.2. The van der Waals surface area contributed by atoms with E-state index in [1.54, 1.807) is 11.8 Å². The lowest BCUT2D eigenvalue weighted by Gasteiger charge is -2.25. The van der Waals surface area contributed by atoms with Gasteiger partial charge in [-0.05, 0) is 19.3 Å². The minimum Gasteiger partial charge on any atom is -0.481 e. The van der Waals surface area contributed by atoms with Crippen LogP contribution in [0.2, 0.25) is 0 Å². The van der Waals surface area contributed by atoms with Gasteiger partial charge in [0.15, 0.2) is 0 Å². The van der Waals surface area contributed by atoms with Gasteiger partial charge in [0.25, 0.3) is 0 Å². The largest absolute Gasteiger partial charge is 0.481 e. The molecule has 0 saturated carbocycles. The monoisotopic (exact) mass is 242 g/mol. The second-order valence-corrected chi connectivity index (χ2v) is 5.17. The van der Waals surface area contributed by atoms with Gasteiger partial charge in [-0.25, -0.2) is 0 Å². The standard InChI is InChI=1S/C12H22N2O3/c1-7(2)10(13)6-11(15)14-5-4-9(8(14)3)12(16)17/h7-10H,4-6,13H2,1-3H3,(H,16,17). The van der Waals surface area contributed by atoms with Crippen molar-refractivity contribution in [2.45, 2.75) is 45.7 Å². The smallest absolute Gasteiger partial charge is 0.308 e. The first-order valence-corrected chi connectivity index (χ1v) is 6.12. The van der Waals surface area contributed by atoms with Crippen LogP contribution in [0.15, 0.2) is 0 Å². The number of aliphatic carboxylic acids is 1. The van der Waals surface area contributed by atoms with E-state index < -0.39 is 11.9 Å². The van der Waals surface area contributed by atoms with Gasteiger partial charge in [-0.1, -0.05) is 13.8 Å². The summed E-state index contributed by atoms with van der Waals surface area (Å²) >= 11 is 0. The third kappa shape index (κ3) is 3.19. The fourth-order valence-electron chi connectivity index (χ4n) is 2.18. The number of nitrogens with two attached hydrogens (primary N) is 1. The van der Waals surface area contributed by atoms with Gasteiger partial charge in [0.05, 0.1) is 5.92 Å². The minimum atomic E-state index is -0.819. The second-order valence-electron chi connectivity index (χ2n) is 5.17. The van der Waals surface area contributed by atoms with Crippen LogP contribution < -0.4 is 5.73 Å². The maximum absolute atomic E-state index is 12.0. The van der Waals surface area contributed by atoms with Crippen LogP contribution >= 0.6 is 0 Å². The molecule has 0 aromatic heterocycles. The molecule has 0 radical (unpaired) electrons. The lowest BCUT2D eigenvalue weighted by Crippen LogP contribution is -2.41. The van der Waals surface area contributed by atoms with E-state index in [1.165, 1.54) is 0 Å². The number of likely N-dealkylation sites (tertiary alicyclic amines) is 1. The number of nitrogens with zero attached hydrogens (tertiary/aromatic N) is 1. The summed E-state index contributed by atoms with van der Waals surface area (Å²) in [7, 11) is 0. The van der Waals surface area contributed by atoms with Crippen molar-refractivity contribution in [2.24, 2.45) is 17.6 Å². The molecule has 3 atom stereocenters. The second kappa shape index (κ2) is 5.49. The Morgan fingerprint density at radius 2 is 2.06 bits per heavy atom. The number of carboxylic acid groups (broad SMARTS) is 1. The molecule has 0 bridgehead atoms. The average molecular weight is 242 g/mol. The lowest BCUT2D eigenvalue weighted by molar-refractivity contribution is -0.143. The fourth-order valence-corrected chi connectivity index (χ4v) is 2.18. The minimum absolute atomic E-state index is 0.0255. The van der Waals surface area contributed by atoms with Gasteiger partial charge < -0.3 is 15.7 Å². The van der Waals surface area contributed by atoms with Gasteiger partial charge >= 0.3 is 5.97 Å². The molecular weight excluding hydrogens is 220 g/mol. The van der Waals surface area contributed by atoms with E-state index in [1.807, 2.05) is 13.8 Å². The number of amides is 1. The van der Waals surface area contributed by atoms with Crippen molar-refractivity contribution in [1.82, 2.24) is 4.90 Å². The number of carboxylic acids is 1. The van der Waals surface area contributed by atoms with E-state index in [2.05, 4.69) is 0 Å². The summed E-state index contributed by atoms with van der Waals surface area (Å²) in [4.78, 5) is 24.6. The summed E-state index contributed by atoms with van der Waals surface area (Å²) in [6.45, 7) is 6.28. The van der Waals surface area contributed by atoms with Gasteiger partial charge in [0, 0.05) is 25.0 Å². The Hall–Kier alpha value is -1.10. The summed E-state index contributed by atoms with van der Waals surface area (Å²) in [6, 6.07) is -0.377. The molecule has 3 N–H and O–H groups in total. The highest BCUT2D eigenvalue weighted by atomic mass is 16.4. The van der Waals surface area contributed by atoms with Crippen molar-refractivity contribution < 1.29 is 14.7 Å². The molecule has 1 saturated heterocycles. The van der Waals surface area contributed by atoms with Crippen LogP contribution in [-0.2, 0) is 9.59 Å². The van der Waals surface area contributed by atoms with Gasteiger partial charge in [-0.15, -0.1) is 0 Å². The van der Waals surface area contributed by atoms with Crippen LogP contribution in [0.4, 0.5) is 0 Å². The van der Waals surface area contributed by atoms with E-state index in [9.17, 15) is 9.59 Å². The maximum Gasteiger partial charge on any atom is 0.308 e. The molecule has 5 heteroatoms. The van der Waals surface area contributed by atoms with Gasteiger partial charge in [0.1, 0.15) is 0 Å². The molecule has 1 heterocycles. The normalized spacial score (nSPS) is 26.3. The summed E-state index contributed by atoms with van der Waals surface area (Å²) in [6.07, 6.45) is 0.841. The highest BCUT2D eigenvalue weighted by Gasteiger charge is 2.38. The fraction of sp³-hybridized carbons (Fsp3) is 0.833. The summed E-state index contributed by atoms with van der Waals surface area (Å²) in [5, 5.41) is 8.99. The maximum atomic E-state index is 12.0. The van der Waals surface area contributed by atoms with Crippen molar-refractivity contribution in [2.75, 3.05) is 6.54 Å². The average Bonchev–Trinajstić information content (AvgIpc) is 2.59. The first-order chi connectivity index (χ1) is 7.84. The summed E-state index contributed by atoms with van der Waals surface area (Å²) < 4.78 is 0. The van der Waals surface area contributed by atoms with Gasteiger partial charge in [-0.3, -0.25) is 9.59 Å². The Morgan fingerprint density at radius 3 is 2.47 bits per heavy atom. The van der Waals surface area contributed by atoms with Crippen molar-refractivity contribution in [3.63, 3.8) is 0 Å². The first kappa shape index (κ1) is 14.0. The van der Waals surface area contributed by atoms with E-state index in [-0.39, 0.29) is 23.9 Å². The predicted octanol–water partition coefficient (Wildman–Crippen LogP) is 0.681. The SMILES string of the molecule is CC(C)C(N)CC(=O)N1CCC(C(=O)O)C1C. The zero-order valence-corrected chi connectivity index (χ0v) is 10.7. The third-order valence-electron chi connectivity index (χ3n) is 3.66. The van der Waals surface area contributed by atoms with Crippen molar-refractivity contribution >= 4 is 11.9 Å². The first-order valence-electron chi connectivity index (χ1n) is 6.12. The number of rotatable bonds is 4. The highest BCUT2D eigenvalue weighted by molar-refractivity contribution is 5.80. The van der Waals surface area contributed by atoms with E-state index in [0.29, 0.717) is 19.4 Å². The molecule has 17 heavy (non-hydrogen) atoms. The number of carbonyl (C=O) groups excluding carboxylic acids is 1. The van der Waals surface area contributed by atoms with Crippen LogP contribution in [-0.4, -0.2) is 40.5 Å². The Kier molecular flexibility index (Phi) is 4.51. The lowest BCUT2D eigenvalue weighted by atomic mass is 10.0. The quantitative estimate of drug-likeness (QED) is 0.759. The van der Waals surface area contributed by atoms with Crippen molar-refractivity contribution in [1.29, 1.82) is 0 Å². The Balaban J connectivity index is 2.57. The molecule has 0 aliphatic carbocycles. The zero-order valence-electron chi connectivity index (χ0n) is 10.7. The molecule has 5 nitrogen and oxygen atoms in total. The number of carbonyl (C=O) groups is 2. The molecule has 1 aliphatic heterocycles. The Morgan fingerprint density at radius 1 is 1.47 bits per heavy atom. The molecule has 1 rings (SSSR count). The number of hydrogen-bond donors (Lipinski definition) is 2.